The summed E-state index contributed by atoms with van der Waals surface area (Å²) < 4.78 is 42.3. The minimum atomic E-state index is -2.91. The van der Waals surface area contributed by atoms with Crippen LogP contribution in [0.2, 0.25) is 5.02 Å². The number of alkyl halides is 2. The average Bonchev–Trinajstić information content (AvgIpc) is 2.41. The van der Waals surface area contributed by atoms with E-state index in [9.17, 15) is 13.2 Å². The summed E-state index contributed by atoms with van der Waals surface area (Å²) in [4.78, 5) is 4.02. The minimum absolute atomic E-state index is 0.00740. The second-order valence-corrected chi connectivity index (χ2v) is 4.37. The normalized spacial score (nSPS) is 10.9. The molecule has 20 heavy (non-hydrogen) atoms. The molecule has 0 aliphatic rings. The van der Waals surface area contributed by atoms with Crippen molar-refractivity contribution in [3.8, 4) is 17.0 Å². The van der Waals surface area contributed by atoms with E-state index in [4.69, 9.17) is 17.3 Å². The van der Waals surface area contributed by atoms with E-state index in [2.05, 4.69) is 9.72 Å². The molecule has 0 spiro atoms. The first-order chi connectivity index (χ1) is 9.40. The molecule has 0 bridgehead atoms. The van der Waals surface area contributed by atoms with Gasteiger partial charge in [0.25, 0.3) is 0 Å². The smallest absolute Gasteiger partial charge is 0.387 e. The van der Waals surface area contributed by atoms with Crippen LogP contribution >= 0.6 is 11.6 Å². The number of nitrogens with zero attached hydrogens (tertiary/aromatic N) is 1. The summed E-state index contributed by atoms with van der Waals surface area (Å²) in [6.07, 6.45) is 0. The van der Waals surface area contributed by atoms with Crippen LogP contribution < -0.4 is 10.5 Å². The Labute approximate surface area is 118 Å². The molecule has 3 nitrogen and oxygen atoms in total. The highest BCUT2D eigenvalue weighted by Crippen LogP contribution is 2.32. The molecule has 0 amide bonds. The number of pyridine rings is 1. The maximum absolute atomic E-state index is 14.0. The number of hydrogen-bond acceptors (Lipinski definition) is 3. The Morgan fingerprint density at radius 1 is 1.25 bits per heavy atom. The van der Waals surface area contributed by atoms with Gasteiger partial charge in [0, 0.05) is 5.56 Å². The molecule has 2 aromatic rings. The predicted molar refractivity (Wildman–Crippen MR) is 70.4 cm³/mol. The van der Waals surface area contributed by atoms with E-state index in [0.29, 0.717) is 11.3 Å². The number of aromatic nitrogens is 1. The Balaban J connectivity index is 2.42. The monoisotopic (exact) mass is 302 g/mol. The van der Waals surface area contributed by atoms with Crippen LogP contribution in [-0.2, 0) is 0 Å². The van der Waals surface area contributed by atoms with Crippen molar-refractivity contribution in [1.82, 2.24) is 4.98 Å². The van der Waals surface area contributed by atoms with E-state index in [1.807, 2.05) is 0 Å². The number of hydrogen-bond donors (Lipinski definition) is 1. The fourth-order valence-corrected chi connectivity index (χ4v) is 1.80. The van der Waals surface area contributed by atoms with Crippen molar-refractivity contribution in [1.29, 1.82) is 0 Å². The summed E-state index contributed by atoms with van der Waals surface area (Å²) in [5.41, 5.74) is 6.13. The molecular weight excluding hydrogens is 293 g/mol. The summed E-state index contributed by atoms with van der Waals surface area (Å²) in [6, 6.07) is 5.41. The number of rotatable bonds is 3. The third kappa shape index (κ3) is 2.80. The molecular formula is C13H10ClF3N2O. The van der Waals surface area contributed by atoms with E-state index >= 15 is 0 Å². The lowest BCUT2D eigenvalue weighted by Crippen LogP contribution is -2.02. The van der Waals surface area contributed by atoms with Gasteiger partial charge >= 0.3 is 6.61 Å². The average molecular weight is 303 g/mol. The minimum Gasteiger partial charge on any atom is -0.435 e. The lowest BCUT2D eigenvalue weighted by Gasteiger charge is -2.10. The highest BCUT2D eigenvalue weighted by atomic mass is 35.5. The predicted octanol–water partition coefficient (Wildman–Crippen LogP) is 4.03. The Hall–Kier alpha value is -1.95. The zero-order valence-corrected chi connectivity index (χ0v) is 11.1. The van der Waals surface area contributed by atoms with E-state index in [-0.39, 0.29) is 22.2 Å². The molecule has 0 atom stereocenters. The second kappa shape index (κ2) is 5.58. The maximum Gasteiger partial charge on any atom is 0.387 e. The Morgan fingerprint density at radius 3 is 2.40 bits per heavy atom. The van der Waals surface area contributed by atoms with Crippen LogP contribution in [0, 0.1) is 12.7 Å². The Morgan fingerprint density at radius 2 is 1.85 bits per heavy atom. The number of nitrogens with two attached hydrogens (primary N) is 1. The molecule has 0 aliphatic heterocycles. The van der Waals surface area contributed by atoms with Crippen LogP contribution in [0.1, 0.15) is 5.69 Å². The van der Waals surface area contributed by atoms with Crippen LogP contribution in [0.5, 0.6) is 5.75 Å². The van der Waals surface area contributed by atoms with Crippen molar-refractivity contribution in [3.05, 3.63) is 40.8 Å². The lowest BCUT2D eigenvalue weighted by atomic mass is 10.1. The first-order valence-corrected chi connectivity index (χ1v) is 5.94. The first kappa shape index (κ1) is 14.5. The third-order valence-electron chi connectivity index (χ3n) is 2.63. The molecule has 2 N–H and O–H groups in total. The Bertz CT molecular complexity index is 633. The molecule has 1 heterocycles. The SMILES string of the molecule is Cc1nc(-c2ccc(OC(F)F)cc2)c(F)c(N)c1Cl. The van der Waals surface area contributed by atoms with Crippen LogP contribution in [-0.4, -0.2) is 11.6 Å². The summed E-state index contributed by atoms with van der Waals surface area (Å²) in [7, 11) is 0. The molecule has 0 radical (unpaired) electrons. The van der Waals surface area contributed by atoms with Crippen molar-refractivity contribution in [2.24, 2.45) is 0 Å². The van der Waals surface area contributed by atoms with Gasteiger partial charge < -0.3 is 10.5 Å². The van der Waals surface area contributed by atoms with Crippen molar-refractivity contribution in [2.75, 3.05) is 5.73 Å². The molecule has 1 aromatic heterocycles. The van der Waals surface area contributed by atoms with Gasteiger partial charge in [-0.05, 0) is 31.2 Å². The molecule has 0 saturated carbocycles. The van der Waals surface area contributed by atoms with Gasteiger partial charge in [-0.3, -0.25) is 0 Å². The van der Waals surface area contributed by atoms with Gasteiger partial charge in [-0.25, -0.2) is 9.37 Å². The molecule has 0 unspecified atom stereocenters. The van der Waals surface area contributed by atoms with Gasteiger partial charge in [0.2, 0.25) is 0 Å². The molecule has 0 fully saturated rings. The number of benzene rings is 1. The maximum atomic E-state index is 14.0. The van der Waals surface area contributed by atoms with Crippen molar-refractivity contribution >= 4 is 17.3 Å². The number of aryl methyl sites for hydroxylation is 1. The van der Waals surface area contributed by atoms with Crippen molar-refractivity contribution < 1.29 is 17.9 Å². The van der Waals surface area contributed by atoms with Crippen molar-refractivity contribution in [3.63, 3.8) is 0 Å². The van der Waals surface area contributed by atoms with Gasteiger partial charge in [-0.1, -0.05) is 11.6 Å². The molecule has 1 aromatic carbocycles. The quantitative estimate of drug-likeness (QED) is 0.931. The second-order valence-electron chi connectivity index (χ2n) is 3.99. The zero-order chi connectivity index (χ0) is 14.9. The van der Waals surface area contributed by atoms with Gasteiger partial charge in [0.15, 0.2) is 5.82 Å². The van der Waals surface area contributed by atoms with E-state index in [1.54, 1.807) is 6.92 Å². The number of anilines is 1. The molecule has 0 aliphatic carbocycles. The van der Waals surface area contributed by atoms with Gasteiger partial charge in [0.1, 0.15) is 11.4 Å². The largest absolute Gasteiger partial charge is 0.435 e. The summed E-state index contributed by atoms with van der Waals surface area (Å²) in [6.45, 7) is -1.32. The lowest BCUT2D eigenvalue weighted by molar-refractivity contribution is -0.0498. The van der Waals surface area contributed by atoms with E-state index in [1.165, 1.54) is 24.3 Å². The fourth-order valence-electron chi connectivity index (χ4n) is 1.67. The van der Waals surface area contributed by atoms with E-state index in [0.717, 1.165) is 0 Å². The van der Waals surface area contributed by atoms with Crippen molar-refractivity contribution in [2.45, 2.75) is 13.5 Å². The number of nitrogen functional groups attached to an aromatic ring is 1. The zero-order valence-electron chi connectivity index (χ0n) is 10.3. The number of ether oxygens (including phenoxy) is 1. The van der Waals surface area contributed by atoms with E-state index < -0.39 is 12.4 Å². The fraction of sp³-hybridized carbons (Fsp3) is 0.154. The molecule has 2 rings (SSSR count). The van der Waals surface area contributed by atoms with Gasteiger partial charge in [-0.15, -0.1) is 0 Å². The van der Waals surface area contributed by atoms with Gasteiger partial charge in [-0.2, -0.15) is 8.78 Å². The standard InChI is InChI=1S/C13H10ClF3N2O/c1-6-9(14)11(18)10(15)12(19-6)7-2-4-8(5-3-7)20-13(16)17/h2-5,13H,1H3,(H2,18,19). The van der Waals surface area contributed by atoms with Crippen LogP contribution in [0.3, 0.4) is 0 Å². The first-order valence-electron chi connectivity index (χ1n) is 5.56. The van der Waals surface area contributed by atoms with Gasteiger partial charge in [0.05, 0.1) is 16.4 Å². The summed E-state index contributed by atoms with van der Waals surface area (Å²) in [5.74, 6) is -0.772. The number of halogens is 4. The highest BCUT2D eigenvalue weighted by Gasteiger charge is 2.16. The Kier molecular flexibility index (Phi) is 4.04. The topological polar surface area (TPSA) is 48.1 Å². The van der Waals surface area contributed by atoms with Crippen LogP contribution in [0.4, 0.5) is 18.9 Å². The third-order valence-corrected chi connectivity index (χ3v) is 3.11. The molecule has 0 saturated heterocycles. The van der Waals surface area contributed by atoms with Crippen LogP contribution in [0.25, 0.3) is 11.3 Å². The summed E-state index contributed by atoms with van der Waals surface area (Å²) in [5, 5.41) is 0.0592. The highest BCUT2D eigenvalue weighted by molar-refractivity contribution is 6.33. The molecule has 106 valence electrons. The molecule has 7 heteroatoms. The summed E-state index contributed by atoms with van der Waals surface area (Å²) >= 11 is 5.79. The van der Waals surface area contributed by atoms with Crippen LogP contribution in [0.15, 0.2) is 24.3 Å².